The lowest BCUT2D eigenvalue weighted by Crippen LogP contribution is -2.48. The highest BCUT2D eigenvalue weighted by Crippen LogP contribution is 2.24. The number of hydrogen-bond donors (Lipinski definition) is 2. The van der Waals surface area contributed by atoms with Crippen LogP contribution in [0.5, 0.6) is 0 Å². The zero-order valence-electron chi connectivity index (χ0n) is 10.4. The number of fused-ring (bicyclic) bond motifs is 1. The summed E-state index contributed by atoms with van der Waals surface area (Å²) in [4.78, 5) is 37.1. The van der Waals surface area contributed by atoms with E-state index in [0.29, 0.717) is 23.4 Å². The van der Waals surface area contributed by atoms with E-state index in [9.17, 15) is 14.4 Å². The van der Waals surface area contributed by atoms with Crippen LogP contribution in [0.25, 0.3) is 0 Å². The number of nitrogens with one attached hydrogen (secondary N) is 1. The molecule has 1 aliphatic heterocycles. The molecule has 0 spiro atoms. The van der Waals surface area contributed by atoms with Gasteiger partial charge >= 0.3 is 0 Å². The summed E-state index contributed by atoms with van der Waals surface area (Å²) in [6.45, 7) is 1.94. The summed E-state index contributed by atoms with van der Waals surface area (Å²) in [5.74, 6) is -0.701. The third-order valence-electron chi connectivity index (χ3n) is 3.00. The molecule has 2 rings (SSSR count). The summed E-state index contributed by atoms with van der Waals surface area (Å²) < 4.78 is 0. The fourth-order valence-corrected chi connectivity index (χ4v) is 2.12. The maximum atomic E-state index is 12.1. The molecule has 5 nitrogen and oxygen atoms in total. The van der Waals surface area contributed by atoms with Crippen molar-refractivity contribution in [1.29, 1.82) is 0 Å². The normalized spacial score (nSPS) is 15.4. The number of carbonyl (C=O) groups is 3. The van der Waals surface area contributed by atoms with Crippen LogP contribution in [-0.2, 0) is 4.79 Å². The van der Waals surface area contributed by atoms with Crippen LogP contribution in [0.3, 0.4) is 0 Å². The molecule has 1 aromatic rings. The molecule has 1 aromatic carbocycles. The zero-order chi connectivity index (χ0) is 14.0. The quantitative estimate of drug-likeness (QED) is 0.630. The van der Waals surface area contributed by atoms with Crippen molar-refractivity contribution in [1.82, 2.24) is 10.2 Å². The smallest absolute Gasteiger partial charge is 0.262 e. The molecule has 1 N–H and O–H groups in total. The number of carbonyl (C=O) groups excluding carboxylic acids is 3. The van der Waals surface area contributed by atoms with Crippen LogP contribution in [0.1, 0.15) is 27.6 Å². The number of rotatable bonds is 4. The highest BCUT2D eigenvalue weighted by molar-refractivity contribution is 7.80. The maximum Gasteiger partial charge on any atom is 0.262 e. The van der Waals surface area contributed by atoms with Gasteiger partial charge < -0.3 is 5.32 Å². The van der Waals surface area contributed by atoms with Crippen LogP contribution in [0.15, 0.2) is 24.3 Å². The van der Waals surface area contributed by atoms with Gasteiger partial charge in [0, 0.05) is 12.3 Å². The van der Waals surface area contributed by atoms with Crippen molar-refractivity contribution < 1.29 is 14.4 Å². The molecule has 1 heterocycles. The van der Waals surface area contributed by atoms with Gasteiger partial charge in [-0.3, -0.25) is 19.3 Å². The SMILES string of the molecule is CC(C(=O)NCCS)N1C(=O)c2ccccc2C1=O. The summed E-state index contributed by atoms with van der Waals surface area (Å²) >= 11 is 3.99. The Kier molecular flexibility index (Phi) is 3.90. The average molecular weight is 278 g/mol. The highest BCUT2D eigenvalue weighted by atomic mass is 32.1. The van der Waals surface area contributed by atoms with E-state index in [1.165, 1.54) is 6.92 Å². The van der Waals surface area contributed by atoms with Crippen molar-refractivity contribution >= 4 is 30.4 Å². The molecule has 1 atom stereocenters. The van der Waals surface area contributed by atoms with Crippen molar-refractivity contribution in [3.05, 3.63) is 35.4 Å². The van der Waals surface area contributed by atoms with Gasteiger partial charge in [0.25, 0.3) is 11.8 Å². The number of amides is 3. The molecule has 0 bridgehead atoms. The fourth-order valence-electron chi connectivity index (χ4n) is 2.00. The predicted molar refractivity (Wildman–Crippen MR) is 73.3 cm³/mol. The van der Waals surface area contributed by atoms with Gasteiger partial charge in [-0.2, -0.15) is 12.6 Å². The average Bonchev–Trinajstić information content (AvgIpc) is 2.68. The lowest BCUT2D eigenvalue weighted by atomic mass is 10.1. The first kappa shape index (κ1) is 13.6. The third kappa shape index (κ3) is 2.35. The summed E-state index contributed by atoms with van der Waals surface area (Å²) in [7, 11) is 0. The molecule has 6 heteroatoms. The van der Waals surface area contributed by atoms with Crippen LogP contribution in [-0.4, -0.2) is 41.0 Å². The topological polar surface area (TPSA) is 66.5 Å². The maximum absolute atomic E-state index is 12.1. The first-order chi connectivity index (χ1) is 9.07. The predicted octanol–water partition coefficient (Wildman–Crippen LogP) is 0.717. The molecule has 0 radical (unpaired) electrons. The molecule has 0 saturated heterocycles. The Bertz CT molecular complexity index is 509. The second-order valence-electron chi connectivity index (χ2n) is 4.22. The van der Waals surface area contributed by atoms with Gasteiger partial charge in [-0.05, 0) is 19.1 Å². The van der Waals surface area contributed by atoms with E-state index in [0.717, 1.165) is 4.90 Å². The Balaban J connectivity index is 2.22. The van der Waals surface area contributed by atoms with Gasteiger partial charge in [0.15, 0.2) is 0 Å². The van der Waals surface area contributed by atoms with Crippen LogP contribution in [0, 0.1) is 0 Å². The third-order valence-corrected chi connectivity index (χ3v) is 3.23. The van der Waals surface area contributed by atoms with Crippen molar-refractivity contribution in [3.8, 4) is 0 Å². The Morgan fingerprint density at radius 2 is 1.79 bits per heavy atom. The molecule has 0 aromatic heterocycles. The van der Waals surface area contributed by atoms with E-state index in [1.807, 2.05) is 0 Å². The number of imide groups is 1. The van der Waals surface area contributed by atoms with Gasteiger partial charge in [0.1, 0.15) is 6.04 Å². The fraction of sp³-hybridized carbons (Fsp3) is 0.308. The first-order valence-electron chi connectivity index (χ1n) is 5.93. The minimum atomic E-state index is -0.827. The molecule has 100 valence electrons. The van der Waals surface area contributed by atoms with Crippen molar-refractivity contribution in [2.24, 2.45) is 0 Å². The molecule has 3 amide bonds. The van der Waals surface area contributed by atoms with Crippen molar-refractivity contribution in [2.45, 2.75) is 13.0 Å². The summed E-state index contributed by atoms with van der Waals surface area (Å²) in [6.07, 6.45) is 0. The largest absolute Gasteiger partial charge is 0.353 e. The van der Waals surface area contributed by atoms with E-state index >= 15 is 0 Å². The molecule has 0 fully saturated rings. The summed E-state index contributed by atoms with van der Waals surface area (Å²) in [5.41, 5.74) is 0.697. The molecule has 19 heavy (non-hydrogen) atoms. The van der Waals surface area contributed by atoms with Crippen LogP contribution >= 0.6 is 12.6 Å². The van der Waals surface area contributed by atoms with Gasteiger partial charge in [-0.1, -0.05) is 12.1 Å². The molecule has 1 aliphatic rings. The molecular weight excluding hydrogens is 264 g/mol. The second-order valence-corrected chi connectivity index (χ2v) is 4.66. The Labute approximate surface area is 116 Å². The van der Waals surface area contributed by atoms with Crippen molar-refractivity contribution in [3.63, 3.8) is 0 Å². The molecule has 1 unspecified atom stereocenters. The van der Waals surface area contributed by atoms with Crippen LogP contribution in [0.4, 0.5) is 0 Å². The standard InChI is InChI=1S/C13H14N2O3S/c1-8(11(16)14-6-7-19)15-12(17)9-4-2-3-5-10(9)13(15)18/h2-5,8,19H,6-7H2,1H3,(H,14,16). The van der Waals surface area contributed by atoms with E-state index in [1.54, 1.807) is 24.3 Å². The number of hydrogen-bond acceptors (Lipinski definition) is 4. The van der Waals surface area contributed by atoms with Gasteiger partial charge in [0.2, 0.25) is 5.91 Å². The second kappa shape index (κ2) is 5.44. The monoisotopic (exact) mass is 278 g/mol. The summed E-state index contributed by atoms with van der Waals surface area (Å²) in [5, 5.41) is 2.62. The van der Waals surface area contributed by atoms with Crippen LogP contribution < -0.4 is 5.32 Å². The zero-order valence-corrected chi connectivity index (χ0v) is 11.3. The van der Waals surface area contributed by atoms with E-state index in [4.69, 9.17) is 0 Å². The van der Waals surface area contributed by atoms with Gasteiger partial charge in [-0.15, -0.1) is 0 Å². The molecule has 0 saturated carbocycles. The van der Waals surface area contributed by atoms with Crippen LogP contribution in [0.2, 0.25) is 0 Å². The van der Waals surface area contributed by atoms with Gasteiger partial charge in [-0.25, -0.2) is 0 Å². The minimum absolute atomic E-state index is 0.348. The van der Waals surface area contributed by atoms with E-state index in [2.05, 4.69) is 17.9 Å². The van der Waals surface area contributed by atoms with Gasteiger partial charge in [0.05, 0.1) is 11.1 Å². The van der Waals surface area contributed by atoms with E-state index < -0.39 is 17.9 Å². The molecule has 0 aliphatic carbocycles. The van der Waals surface area contributed by atoms with Crippen molar-refractivity contribution in [2.75, 3.05) is 12.3 Å². The minimum Gasteiger partial charge on any atom is -0.353 e. The molecular formula is C13H14N2O3S. The Morgan fingerprint density at radius 1 is 1.26 bits per heavy atom. The highest BCUT2D eigenvalue weighted by Gasteiger charge is 2.40. The first-order valence-corrected chi connectivity index (χ1v) is 6.56. The lowest BCUT2D eigenvalue weighted by Gasteiger charge is -2.21. The van der Waals surface area contributed by atoms with E-state index in [-0.39, 0.29) is 5.91 Å². The number of nitrogens with zero attached hydrogens (tertiary/aromatic N) is 1. The Hall–Kier alpha value is -1.82. The number of benzene rings is 1. The Morgan fingerprint density at radius 3 is 2.26 bits per heavy atom. The summed E-state index contributed by atoms with van der Waals surface area (Å²) in [6, 6.07) is 5.74. The number of thiol groups is 1. The lowest BCUT2D eigenvalue weighted by molar-refractivity contribution is -0.124.